The summed E-state index contributed by atoms with van der Waals surface area (Å²) in [4.78, 5) is 12.2. The van der Waals surface area contributed by atoms with E-state index in [1.807, 2.05) is 0 Å². The molecule has 0 aliphatic carbocycles. The van der Waals surface area contributed by atoms with Gasteiger partial charge in [-0.2, -0.15) is 13.2 Å². The second-order valence-corrected chi connectivity index (χ2v) is 5.35. The second kappa shape index (κ2) is 5.58. The lowest BCUT2D eigenvalue weighted by molar-refractivity contribution is -0.137. The van der Waals surface area contributed by atoms with Gasteiger partial charge in [0.2, 0.25) is 0 Å². The van der Waals surface area contributed by atoms with Crippen molar-refractivity contribution in [2.24, 2.45) is 0 Å². The number of hydrogen-bond donors (Lipinski definition) is 0. The predicted molar refractivity (Wildman–Crippen MR) is 74.0 cm³/mol. The van der Waals surface area contributed by atoms with Gasteiger partial charge in [-0.3, -0.25) is 4.79 Å². The topological polar surface area (TPSA) is 17.1 Å². The normalized spacial score (nSPS) is 11.4. The van der Waals surface area contributed by atoms with Gasteiger partial charge in [0.1, 0.15) is 0 Å². The van der Waals surface area contributed by atoms with Gasteiger partial charge < -0.3 is 0 Å². The summed E-state index contributed by atoms with van der Waals surface area (Å²) in [6.07, 6.45) is -4.49. The van der Waals surface area contributed by atoms with E-state index in [0.29, 0.717) is 4.47 Å². The van der Waals surface area contributed by atoms with Gasteiger partial charge in [-0.1, -0.05) is 39.7 Å². The number of ketones is 1. The molecule has 2 aromatic rings. The minimum atomic E-state index is -4.49. The monoisotopic (exact) mass is 362 g/mol. The summed E-state index contributed by atoms with van der Waals surface area (Å²) < 4.78 is 38.6. The second-order valence-electron chi connectivity index (χ2n) is 4.03. The van der Waals surface area contributed by atoms with Gasteiger partial charge >= 0.3 is 6.18 Å². The molecule has 0 saturated carbocycles. The van der Waals surface area contributed by atoms with E-state index < -0.39 is 17.5 Å². The molecule has 0 fully saturated rings. The van der Waals surface area contributed by atoms with Crippen molar-refractivity contribution in [2.75, 3.05) is 0 Å². The van der Waals surface area contributed by atoms with Crippen molar-refractivity contribution < 1.29 is 18.0 Å². The first-order chi connectivity index (χ1) is 9.29. The Morgan fingerprint density at radius 2 is 1.80 bits per heavy atom. The Balaban J connectivity index is 2.44. The van der Waals surface area contributed by atoms with Crippen molar-refractivity contribution in [2.45, 2.75) is 6.18 Å². The third-order valence-corrected chi connectivity index (χ3v) is 3.43. The van der Waals surface area contributed by atoms with E-state index in [4.69, 9.17) is 11.6 Å². The summed E-state index contributed by atoms with van der Waals surface area (Å²) in [5.41, 5.74) is -0.755. The zero-order chi connectivity index (χ0) is 14.9. The molecule has 104 valence electrons. The van der Waals surface area contributed by atoms with Gasteiger partial charge in [-0.25, -0.2) is 0 Å². The van der Waals surface area contributed by atoms with E-state index in [-0.39, 0.29) is 16.1 Å². The largest absolute Gasteiger partial charge is 0.416 e. The molecule has 0 aliphatic rings. The van der Waals surface area contributed by atoms with E-state index in [0.717, 1.165) is 12.1 Å². The number of carbonyl (C=O) groups is 1. The van der Waals surface area contributed by atoms with Crippen LogP contribution in [0.2, 0.25) is 5.02 Å². The Hall–Kier alpha value is -1.33. The van der Waals surface area contributed by atoms with Crippen LogP contribution in [0.3, 0.4) is 0 Å². The Morgan fingerprint density at radius 3 is 2.40 bits per heavy atom. The molecule has 0 aliphatic heterocycles. The SMILES string of the molecule is O=C(c1cccc(C(F)(F)F)c1)c1ccc(Br)cc1Cl. The van der Waals surface area contributed by atoms with Crippen LogP contribution < -0.4 is 0 Å². The molecule has 0 amide bonds. The number of alkyl halides is 3. The Bertz CT molecular complexity index is 668. The average Bonchev–Trinajstić information content (AvgIpc) is 2.37. The highest BCUT2D eigenvalue weighted by Crippen LogP contribution is 2.30. The van der Waals surface area contributed by atoms with Crippen molar-refractivity contribution >= 4 is 33.3 Å². The molecular weight excluding hydrogens is 357 g/mol. The zero-order valence-corrected chi connectivity index (χ0v) is 12.2. The van der Waals surface area contributed by atoms with Crippen LogP contribution in [-0.2, 0) is 6.18 Å². The highest BCUT2D eigenvalue weighted by Gasteiger charge is 2.31. The molecule has 0 atom stereocenters. The lowest BCUT2D eigenvalue weighted by atomic mass is 10.0. The minimum Gasteiger partial charge on any atom is -0.289 e. The van der Waals surface area contributed by atoms with Crippen LogP contribution in [0.1, 0.15) is 21.5 Å². The minimum absolute atomic E-state index is 0.0518. The standard InChI is InChI=1S/C14H7BrClF3O/c15-10-4-5-11(12(16)7-10)13(20)8-2-1-3-9(6-8)14(17,18)19/h1-7H. The Morgan fingerprint density at radius 1 is 1.10 bits per heavy atom. The number of hydrogen-bond acceptors (Lipinski definition) is 1. The van der Waals surface area contributed by atoms with E-state index in [2.05, 4.69) is 15.9 Å². The van der Waals surface area contributed by atoms with E-state index in [9.17, 15) is 18.0 Å². The number of benzene rings is 2. The van der Waals surface area contributed by atoms with Crippen molar-refractivity contribution in [3.05, 3.63) is 68.7 Å². The number of rotatable bonds is 2. The van der Waals surface area contributed by atoms with Crippen LogP contribution in [0.25, 0.3) is 0 Å². The average molecular weight is 364 g/mol. The maximum Gasteiger partial charge on any atom is 0.416 e. The lowest BCUT2D eigenvalue weighted by Gasteiger charge is -2.09. The van der Waals surface area contributed by atoms with Crippen molar-refractivity contribution in [1.82, 2.24) is 0 Å². The summed E-state index contributed by atoms with van der Waals surface area (Å²) in [5.74, 6) is -0.548. The van der Waals surface area contributed by atoms with Gasteiger partial charge in [0.25, 0.3) is 0 Å². The summed E-state index contributed by atoms with van der Waals surface area (Å²) in [5, 5.41) is 0.182. The summed E-state index contributed by atoms with van der Waals surface area (Å²) >= 11 is 9.13. The Kier molecular flexibility index (Phi) is 4.20. The summed E-state index contributed by atoms with van der Waals surface area (Å²) in [6.45, 7) is 0. The van der Waals surface area contributed by atoms with Gasteiger partial charge in [-0.15, -0.1) is 0 Å². The molecule has 0 heterocycles. The molecule has 0 bridgehead atoms. The van der Waals surface area contributed by atoms with Crippen LogP contribution in [0.4, 0.5) is 13.2 Å². The van der Waals surface area contributed by atoms with Crippen molar-refractivity contribution in [3.63, 3.8) is 0 Å². The van der Waals surface area contributed by atoms with E-state index in [1.54, 1.807) is 6.07 Å². The third kappa shape index (κ3) is 3.22. The molecule has 0 unspecified atom stereocenters. The van der Waals surface area contributed by atoms with E-state index in [1.165, 1.54) is 24.3 Å². The first-order valence-electron chi connectivity index (χ1n) is 5.46. The van der Waals surface area contributed by atoms with Gasteiger partial charge in [0, 0.05) is 15.6 Å². The van der Waals surface area contributed by atoms with Crippen LogP contribution in [0.15, 0.2) is 46.9 Å². The molecule has 0 spiro atoms. The number of halogens is 5. The molecule has 2 rings (SSSR count). The number of carbonyl (C=O) groups excluding carboxylic acids is 1. The van der Waals surface area contributed by atoms with Crippen LogP contribution in [-0.4, -0.2) is 5.78 Å². The molecule has 0 saturated heterocycles. The van der Waals surface area contributed by atoms with Gasteiger partial charge in [0.15, 0.2) is 5.78 Å². The van der Waals surface area contributed by atoms with Crippen LogP contribution in [0.5, 0.6) is 0 Å². The Labute approximate surface area is 126 Å². The smallest absolute Gasteiger partial charge is 0.289 e. The first-order valence-corrected chi connectivity index (χ1v) is 6.63. The van der Waals surface area contributed by atoms with Gasteiger partial charge in [0.05, 0.1) is 10.6 Å². The maximum absolute atomic E-state index is 12.6. The van der Waals surface area contributed by atoms with Crippen molar-refractivity contribution in [1.29, 1.82) is 0 Å². The highest BCUT2D eigenvalue weighted by molar-refractivity contribution is 9.10. The summed E-state index contributed by atoms with van der Waals surface area (Å²) in [6, 6.07) is 8.85. The lowest BCUT2D eigenvalue weighted by Crippen LogP contribution is -2.08. The molecule has 0 radical (unpaired) electrons. The van der Waals surface area contributed by atoms with Gasteiger partial charge in [-0.05, 0) is 30.3 Å². The quantitative estimate of drug-likeness (QED) is 0.657. The predicted octanol–water partition coefficient (Wildman–Crippen LogP) is 5.35. The molecular formula is C14H7BrClF3O. The zero-order valence-electron chi connectivity index (χ0n) is 9.84. The van der Waals surface area contributed by atoms with Crippen molar-refractivity contribution in [3.8, 4) is 0 Å². The van der Waals surface area contributed by atoms with Crippen LogP contribution in [0, 0.1) is 0 Å². The molecule has 2 aromatic carbocycles. The highest BCUT2D eigenvalue weighted by atomic mass is 79.9. The fraction of sp³-hybridized carbons (Fsp3) is 0.0714. The molecule has 0 aromatic heterocycles. The first kappa shape index (κ1) is 15.1. The molecule has 6 heteroatoms. The molecule has 20 heavy (non-hydrogen) atoms. The fourth-order valence-electron chi connectivity index (χ4n) is 1.67. The maximum atomic E-state index is 12.6. The molecule has 0 N–H and O–H groups in total. The summed E-state index contributed by atoms with van der Waals surface area (Å²) in [7, 11) is 0. The molecule has 1 nitrogen and oxygen atoms in total. The van der Waals surface area contributed by atoms with E-state index >= 15 is 0 Å². The van der Waals surface area contributed by atoms with Crippen LogP contribution >= 0.6 is 27.5 Å². The third-order valence-electron chi connectivity index (χ3n) is 2.63. The fourth-order valence-corrected chi connectivity index (χ4v) is 2.43.